The molecule has 1 aromatic carbocycles. The van der Waals surface area contributed by atoms with Gasteiger partial charge in [0.15, 0.2) is 0 Å². The van der Waals surface area contributed by atoms with Crippen LogP contribution in [0.5, 0.6) is 0 Å². The van der Waals surface area contributed by atoms with Crippen LogP contribution in [0.3, 0.4) is 0 Å². The lowest BCUT2D eigenvalue weighted by molar-refractivity contribution is 0.0940. The van der Waals surface area contributed by atoms with Gasteiger partial charge >= 0.3 is 0 Å². The van der Waals surface area contributed by atoms with Gasteiger partial charge in [-0.15, -0.1) is 0 Å². The molecular formula is C19H25BrN4O3S. The highest BCUT2D eigenvalue weighted by Crippen LogP contribution is 2.33. The second kappa shape index (κ2) is 7.78. The molecule has 2 N–H and O–H groups in total. The molecule has 1 atom stereocenters. The first-order valence-corrected chi connectivity index (χ1v) is 11.9. The lowest BCUT2D eigenvalue weighted by atomic mass is 10.1. The van der Waals surface area contributed by atoms with Crippen LogP contribution in [0, 0.1) is 5.92 Å². The third-order valence-electron chi connectivity index (χ3n) is 5.64. The number of carbonyl (C=O) groups is 1. The number of hydrogen-bond acceptors (Lipinski definition) is 4. The van der Waals surface area contributed by atoms with Gasteiger partial charge in [-0.1, -0.05) is 15.9 Å². The van der Waals surface area contributed by atoms with Crippen LogP contribution in [0.15, 0.2) is 27.6 Å². The number of H-pyrrole nitrogens is 1. The highest BCUT2D eigenvalue weighted by Gasteiger charge is 2.34. The monoisotopic (exact) mass is 468 g/mol. The zero-order valence-electron chi connectivity index (χ0n) is 15.9. The van der Waals surface area contributed by atoms with E-state index in [9.17, 15) is 13.2 Å². The Labute approximate surface area is 173 Å². The van der Waals surface area contributed by atoms with Crippen molar-refractivity contribution in [3.63, 3.8) is 0 Å². The number of rotatable bonds is 5. The third-order valence-corrected chi connectivity index (χ3v) is 8.12. The lowest BCUT2D eigenvalue weighted by Crippen LogP contribution is -2.33. The molecule has 2 aliphatic rings. The van der Waals surface area contributed by atoms with Crippen LogP contribution in [0.4, 0.5) is 0 Å². The smallest absolute Gasteiger partial charge is 0.269 e. The van der Waals surface area contributed by atoms with Crippen LogP contribution < -0.4 is 5.32 Å². The molecule has 9 heteroatoms. The molecule has 4 rings (SSSR count). The van der Waals surface area contributed by atoms with Gasteiger partial charge in [-0.2, -0.15) is 4.31 Å². The Morgan fingerprint density at radius 3 is 2.71 bits per heavy atom. The Morgan fingerprint density at radius 2 is 2.04 bits per heavy atom. The van der Waals surface area contributed by atoms with Gasteiger partial charge in [0.05, 0.1) is 0 Å². The SMILES string of the molecule is CN1CCC(CNC(=O)c2[nH]c3ccc(Br)cc3c2S(=O)(=O)N2CCCC2)C1. The summed E-state index contributed by atoms with van der Waals surface area (Å²) in [5, 5.41) is 3.50. The third kappa shape index (κ3) is 3.72. The second-order valence-electron chi connectivity index (χ2n) is 7.76. The number of sulfonamides is 1. The first-order valence-electron chi connectivity index (χ1n) is 9.64. The summed E-state index contributed by atoms with van der Waals surface area (Å²) in [5.41, 5.74) is 0.776. The van der Waals surface area contributed by atoms with Gasteiger partial charge in [-0.05, 0) is 57.0 Å². The van der Waals surface area contributed by atoms with Gasteiger partial charge < -0.3 is 15.2 Å². The predicted molar refractivity (Wildman–Crippen MR) is 112 cm³/mol. The molecule has 152 valence electrons. The molecule has 1 unspecified atom stereocenters. The zero-order chi connectivity index (χ0) is 19.9. The number of nitrogens with one attached hydrogen (secondary N) is 2. The van der Waals surface area contributed by atoms with E-state index in [1.807, 2.05) is 6.07 Å². The summed E-state index contributed by atoms with van der Waals surface area (Å²) in [7, 11) is -1.68. The van der Waals surface area contributed by atoms with Crippen molar-refractivity contribution in [2.45, 2.75) is 24.2 Å². The van der Waals surface area contributed by atoms with Gasteiger partial charge in [-0.25, -0.2) is 8.42 Å². The van der Waals surface area contributed by atoms with Crippen molar-refractivity contribution in [1.29, 1.82) is 0 Å². The Bertz CT molecular complexity index is 998. The Hall–Kier alpha value is -1.42. The van der Waals surface area contributed by atoms with Crippen molar-refractivity contribution in [2.24, 2.45) is 5.92 Å². The van der Waals surface area contributed by atoms with E-state index in [1.54, 1.807) is 12.1 Å². The average Bonchev–Trinajstić information content (AvgIpc) is 3.38. The molecular weight excluding hydrogens is 444 g/mol. The average molecular weight is 469 g/mol. The number of carbonyl (C=O) groups excluding carboxylic acids is 1. The molecule has 3 heterocycles. The van der Waals surface area contributed by atoms with E-state index in [-0.39, 0.29) is 16.5 Å². The number of aromatic amines is 1. The molecule has 1 aromatic heterocycles. The first-order chi connectivity index (χ1) is 13.4. The van der Waals surface area contributed by atoms with Gasteiger partial charge in [-0.3, -0.25) is 4.79 Å². The molecule has 0 saturated carbocycles. The predicted octanol–water partition coefficient (Wildman–Crippen LogP) is 2.40. The summed E-state index contributed by atoms with van der Waals surface area (Å²) in [6, 6.07) is 5.39. The Balaban J connectivity index is 1.70. The summed E-state index contributed by atoms with van der Waals surface area (Å²) in [6.45, 7) is 3.51. The quantitative estimate of drug-likeness (QED) is 0.705. The summed E-state index contributed by atoms with van der Waals surface area (Å²) in [6.07, 6.45) is 2.74. The fourth-order valence-corrected chi connectivity index (χ4v) is 6.35. The number of aromatic nitrogens is 1. The van der Waals surface area contributed by atoms with Gasteiger partial charge in [0.1, 0.15) is 10.6 Å². The fraction of sp³-hybridized carbons (Fsp3) is 0.526. The molecule has 0 spiro atoms. The number of fused-ring (bicyclic) bond motifs is 1. The van der Waals surface area contributed by atoms with Crippen LogP contribution >= 0.6 is 15.9 Å². The number of nitrogens with zero attached hydrogens (tertiary/aromatic N) is 2. The van der Waals surface area contributed by atoms with Crippen molar-refractivity contribution < 1.29 is 13.2 Å². The molecule has 0 aliphatic carbocycles. The largest absolute Gasteiger partial charge is 0.350 e. The normalized spacial score (nSPS) is 21.6. The molecule has 2 fully saturated rings. The van der Waals surface area contributed by atoms with Crippen LogP contribution in [-0.4, -0.2) is 68.3 Å². The standard InChI is InChI=1S/C19H25BrN4O3S/c1-23-9-6-13(12-23)11-21-19(25)17-18(28(26,27)24-7-2-3-8-24)15-10-14(20)4-5-16(15)22-17/h4-5,10,13,22H,2-3,6-9,11-12H2,1H3,(H,21,25). The summed E-state index contributed by atoms with van der Waals surface area (Å²) in [5.74, 6) is 0.0331. The summed E-state index contributed by atoms with van der Waals surface area (Å²) >= 11 is 3.42. The molecule has 0 bridgehead atoms. The van der Waals surface area contributed by atoms with Gasteiger partial charge in [0.2, 0.25) is 10.0 Å². The van der Waals surface area contributed by atoms with E-state index in [0.717, 1.165) is 36.8 Å². The van der Waals surface area contributed by atoms with E-state index < -0.39 is 10.0 Å². The van der Waals surface area contributed by atoms with Crippen LogP contribution in [0.1, 0.15) is 29.8 Å². The highest BCUT2D eigenvalue weighted by molar-refractivity contribution is 9.10. The van der Waals surface area contributed by atoms with E-state index >= 15 is 0 Å². The van der Waals surface area contributed by atoms with E-state index in [0.29, 0.717) is 36.5 Å². The molecule has 7 nitrogen and oxygen atoms in total. The van der Waals surface area contributed by atoms with Crippen molar-refractivity contribution >= 4 is 42.8 Å². The maximum absolute atomic E-state index is 13.4. The Morgan fingerprint density at radius 1 is 1.29 bits per heavy atom. The maximum atomic E-state index is 13.4. The van der Waals surface area contributed by atoms with Crippen LogP contribution in [0.25, 0.3) is 10.9 Å². The van der Waals surface area contributed by atoms with Crippen LogP contribution in [-0.2, 0) is 10.0 Å². The molecule has 1 amide bonds. The molecule has 2 aliphatic heterocycles. The fourth-order valence-electron chi connectivity index (χ4n) is 4.14. The van der Waals surface area contributed by atoms with Crippen molar-refractivity contribution in [3.05, 3.63) is 28.4 Å². The zero-order valence-corrected chi connectivity index (χ0v) is 18.3. The first kappa shape index (κ1) is 19.9. The number of benzene rings is 1. The molecule has 2 saturated heterocycles. The number of amides is 1. The lowest BCUT2D eigenvalue weighted by Gasteiger charge is -2.17. The summed E-state index contributed by atoms with van der Waals surface area (Å²) < 4.78 is 29.0. The van der Waals surface area contributed by atoms with Crippen LogP contribution in [0.2, 0.25) is 0 Å². The number of hydrogen-bond donors (Lipinski definition) is 2. The topological polar surface area (TPSA) is 85.5 Å². The number of likely N-dealkylation sites (tertiary alicyclic amines) is 1. The molecule has 28 heavy (non-hydrogen) atoms. The van der Waals surface area contributed by atoms with Crippen molar-refractivity contribution in [3.8, 4) is 0 Å². The minimum absolute atomic E-state index is 0.0896. The van der Waals surface area contributed by atoms with E-state index in [1.165, 1.54) is 4.31 Å². The van der Waals surface area contributed by atoms with E-state index in [2.05, 4.69) is 38.2 Å². The molecule has 0 radical (unpaired) electrons. The molecule has 2 aromatic rings. The minimum atomic E-state index is -3.75. The van der Waals surface area contributed by atoms with E-state index in [4.69, 9.17) is 0 Å². The van der Waals surface area contributed by atoms with Crippen molar-refractivity contribution in [2.75, 3.05) is 39.8 Å². The van der Waals surface area contributed by atoms with Crippen molar-refractivity contribution in [1.82, 2.24) is 19.5 Å². The van der Waals surface area contributed by atoms with Gasteiger partial charge in [0, 0.05) is 41.6 Å². The second-order valence-corrected chi connectivity index (χ2v) is 10.5. The Kier molecular flexibility index (Phi) is 5.52. The maximum Gasteiger partial charge on any atom is 0.269 e. The highest BCUT2D eigenvalue weighted by atomic mass is 79.9. The minimum Gasteiger partial charge on any atom is -0.350 e. The summed E-state index contributed by atoms with van der Waals surface area (Å²) in [4.78, 5) is 18.4. The van der Waals surface area contributed by atoms with Gasteiger partial charge in [0.25, 0.3) is 5.91 Å². The number of halogens is 1.